The minimum Gasteiger partial charge on any atom is -0.465 e. The van der Waals surface area contributed by atoms with Crippen LogP contribution in [0.25, 0.3) is 22.2 Å². The molecule has 0 amide bonds. The molecule has 1 N–H and O–H groups in total. The molecule has 1 atom stereocenters. The predicted octanol–water partition coefficient (Wildman–Crippen LogP) is 5.79. The maximum absolute atomic E-state index is 14.0. The lowest BCUT2D eigenvalue weighted by Gasteiger charge is -2.28. The highest BCUT2D eigenvalue weighted by molar-refractivity contribution is 5.93. The first-order valence-corrected chi connectivity index (χ1v) is 12.4. The number of nitrogens with zero attached hydrogens (tertiary/aromatic N) is 2. The Morgan fingerprint density at radius 3 is 2.57 bits per heavy atom. The number of carbonyl (C=O) groups is 1. The van der Waals surface area contributed by atoms with Crippen molar-refractivity contribution in [2.24, 2.45) is 5.41 Å². The van der Waals surface area contributed by atoms with E-state index in [-0.39, 0.29) is 6.61 Å². The molecular weight excluding hydrogens is 483 g/mol. The molecule has 1 fully saturated rings. The van der Waals surface area contributed by atoms with Gasteiger partial charge in [-0.1, -0.05) is 19.9 Å². The van der Waals surface area contributed by atoms with Crippen LogP contribution in [0.4, 0.5) is 13.2 Å². The lowest BCUT2D eigenvalue weighted by molar-refractivity contribution is -0.144. The summed E-state index contributed by atoms with van der Waals surface area (Å²) in [6.07, 6.45) is -2.83. The number of halogens is 3. The van der Waals surface area contributed by atoms with E-state index in [1.54, 1.807) is 31.5 Å². The van der Waals surface area contributed by atoms with E-state index in [0.29, 0.717) is 34.8 Å². The number of rotatable bonds is 9. The number of esters is 1. The average molecular weight is 518 g/mol. The predicted molar refractivity (Wildman–Crippen MR) is 136 cm³/mol. The quantitative estimate of drug-likeness (QED) is 0.364. The largest absolute Gasteiger partial charge is 0.465 e. The van der Waals surface area contributed by atoms with Crippen LogP contribution in [-0.4, -0.2) is 48.5 Å². The summed E-state index contributed by atoms with van der Waals surface area (Å²) in [7, 11) is 1.55. The molecule has 6 nitrogen and oxygen atoms in total. The molecule has 0 bridgehead atoms. The third-order valence-electron chi connectivity index (χ3n) is 6.94. The van der Waals surface area contributed by atoms with Crippen molar-refractivity contribution in [1.82, 2.24) is 14.9 Å². The van der Waals surface area contributed by atoms with E-state index < -0.39 is 30.2 Å². The Kier molecular flexibility index (Phi) is 7.67. The molecule has 1 aliphatic rings. The smallest absolute Gasteiger partial charge is 0.406 e. The first kappa shape index (κ1) is 27.1. The van der Waals surface area contributed by atoms with Gasteiger partial charge in [-0.2, -0.15) is 13.2 Å². The van der Waals surface area contributed by atoms with Crippen molar-refractivity contribution < 1.29 is 27.4 Å². The topological polar surface area (TPSA) is 65.4 Å². The van der Waals surface area contributed by atoms with Crippen LogP contribution in [0.1, 0.15) is 56.5 Å². The van der Waals surface area contributed by atoms with Crippen molar-refractivity contribution in [2.45, 2.75) is 58.9 Å². The van der Waals surface area contributed by atoms with E-state index >= 15 is 0 Å². The van der Waals surface area contributed by atoms with Crippen molar-refractivity contribution >= 4 is 16.9 Å². The molecule has 0 unspecified atom stereocenters. The van der Waals surface area contributed by atoms with Crippen LogP contribution >= 0.6 is 0 Å². The second-order valence-corrected chi connectivity index (χ2v) is 10.6. The lowest BCUT2D eigenvalue weighted by Crippen LogP contribution is -2.39. The zero-order valence-corrected chi connectivity index (χ0v) is 21.9. The number of hydrogen-bond donors (Lipinski definition) is 1. The Morgan fingerprint density at radius 1 is 1.24 bits per heavy atom. The summed E-state index contributed by atoms with van der Waals surface area (Å²) in [6, 6.07) is 9.30. The fraction of sp³-hybridized carbons (Fsp3) is 0.500. The zero-order valence-electron chi connectivity index (χ0n) is 21.9. The standard InChI is InChI=1S/C28H34F3N3O3/c1-17(36-5)25-21(7-6-10-33-25)26-23(12-27(3,4)16-37-18(2)35)22-11-19(20-13-32-14-20)8-9-24(22)34(26)15-28(29,30)31/h6-11,17,20,32H,12-16H2,1-5H3/t17-/m0/s1. The van der Waals surface area contributed by atoms with Crippen LogP contribution in [-0.2, 0) is 27.2 Å². The van der Waals surface area contributed by atoms with Gasteiger partial charge in [0, 0.05) is 61.1 Å². The minimum atomic E-state index is -4.43. The number of ether oxygens (including phenoxy) is 2. The summed E-state index contributed by atoms with van der Waals surface area (Å²) in [4.78, 5) is 16.0. The summed E-state index contributed by atoms with van der Waals surface area (Å²) in [5.41, 5.74) is 3.50. The lowest BCUT2D eigenvalue weighted by atomic mass is 9.83. The summed E-state index contributed by atoms with van der Waals surface area (Å²) in [5, 5.41) is 4.04. The SMILES string of the molecule is CO[C@@H](C)c1ncccc1-c1c(CC(C)(C)COC(C)=O)c2cc(C3CNC3)ccc2n1CC(F)(F)F. The van der Waals surface area contributed by atoms with Crippen LogP contribution in [0.5, 0.6) is 0 Å². The van der Waals surface area contributed by atoms with Gasteiger partial charge in [0.15, 0.2) is 0 Å². The summed E-state index contributed by atoms with van der Waals surface area (Å²) >= 11 is 0. The van der Waals surface area contributed by atoms with Gasteiger partial charge in [0.25, 0.3) is 0 Å². The molecule has 1 aliphatic heterocycles. The number of methoxy groups -OCH3 is 1. The summed E-state index contributed by atoms with van der Waals surface area (Å²) in [5.74, 6) is -0.0702. The second kappa shape index (κ2) is 10.5. The molecule has 37 heavy (non-hydrogen) atoms. The van der Waals surface area contributed by atoms with Gasteiger partial charge in [0.2, 0.25) is 0 Å². The van der Waals surface area contributed by atoms with Gasteiger partial charge < -0.3 is 19.4 Å². The van der Waals surface area contributed by atoms with E-state index in [9.17, 15) is 18.0 Å². The van der Waals surface area contributed by atoms with Gasteiger partial charge in [-0.25, -0.2) is 0 Å². The molecule has 0 radical (unpaired) electrons. The van der Waals surface area contributed by atoms with Crippen molar-refractivity contribution in [1.29, 1.82) is 0 Å². The molecule has 3 aromatic rings. The first-order valence-electron chi connectivity index (χ1n) is 12.4. The highest BCUT2D eigenvalue weighted by atomic mass is 19.4. The third-order valence-corrected chi connectivity index (χ3v) is 6.94. The van der Waals surface area contributed by atoms with Crippen LogP contribution in [0, 0.1) is 5.41 Å². The molecule has 200 valence electrons. The molecule has 0 spiro atoms. The molecule has 1 saturated heterocycles. The number of carbonyl (C=O) groups excluding carboxylic acids is 1. The number of nitrogens with one attached hydrogen (secondary N) is 1. The maximum Gasteiger partial charge on any atom is 0.406 e. The number of hydrogen-bond acceptors (Lipinski definition) is 5. The number of pyridine rings is 1. The molecule has 4 rings (SSSR count). The molecule has 9 heteroatoms. The zero-order chi connectivity index (χ0) is 27.0. The van der Waals surface area contributed by atoms with Gasteiger partial charge in [-0.3, -0.25) is 9.78 Å². The Morgan fingerprint density at radius 2 is 1.97 bits per heavy atom. The minimum absolute atomic E-state index is 0.147. The Hall–Kier alpha value is -2.91. The first-order chi connectivity index (χ1) is 17.4. The van der Waals surface area contributed by atoms with Crippen LogP contribution < -0.4 is 5.32 Å². The van der Waals surface area contributed by atoms with Gasteiger partial charge in [-0.05, 0) is 48.7 Å². The van der Waals surface area contributed by atoms with Crippen molar-refractivity contribution in [3.63, 3.8) is 0 Å². The molecule has 0 aliphatic carbocycles. The summed E-state index contributed by atoms with van der Waals surface area (Å²) < 4.78 is 54.2. The average Bonchev–Trinajstić information content (AvgIpc) is 3.06. The van der Waals surface area contributed by atoms with Gasteiger partial charge >= 0.3 is 12.1 Å². The van der Waals surface area contributed by atoms with Crippen LogP contribution in [0.15, 0.2) is 36.5 Å². The van der Waals surface area contributed by atoms with E-state index in [0.717, 1.165) is 29.6 Å². The number of fused-ring (bicyclic) bond motifs is 1. The Labute approximate surface area is 215 Å². The number of alkyl halides is 3. The molecule has 2 aromatic heterocycles. The molecular formula is C28H34F3N3O3. The van der Waals surface area contributed by atoms with E-state index in [2.05, 4.69) is 10.3 Å². The monoisotopic (exact) mass is 517 g/mol. The van der Waals surface area contributed by atoms with Gasteiger partial charge in [0.1, 0.15) is 6.54 Å². The normalized spacial score (nSPS) is 15.6. The van der Waals surface area contributed by atoms with Crippen molar-refractivity contribution in [3.8, 4) is 11.3 Å². The number of benzene rings is 1. The van der Waals surface area contributed by atoms with E-state index in [4.69, 9.17) is 9.47 Å². The van der Waals surface area contributed by atoms with Crippen LogP contribution in [0.2, 0.25) is 0 Å². The van der Waals surface area contributed by atoms with Gasteiger partial charge in [-0.15, -0.1) is 0 Å². The highest BCUT2D eigenvalue weighted by Crippen LogP contribution is 2.42. The highest BCUT2D eigenvalue weighted by Gasteiger charge is 2.34. The Bertz CT molecular complexity index is 1280. The molecule has 1 aromatic carbocycles. The molecule has 3 heterocycles. The fourth-order valence-electron chi connectivity index (χ4n) is 4.93. The van der Waals surface area contributed by atoms with E-state index in [1.807, 2.05) is 32.9 Å². The third kappa shape index (κ3) is 5.99. The maximum atomic E-state index is 14.0. The van der Waals surface area contributed by atoms with Crippen molar-refractivity contribution in [3.05, 3.63) is 53.3 Å². The summed E-state index contributed by atoms with van der Waals surface area (Å²) in [6.45, 7) is 7.78. The second-order valence-electron chi connectivity index (χ2n) is 10.6. The fourth-order valence-corrected chi connectivity index (χ4v) is 4.93. The Balaban J connectivity index is 2.01. The number of aromatic nitrogens is 2. The van der Waals surface area contributed by atoms with Crippen LogP contribution in [0.3, 0.4) is 0 Å². The van der Waals surface area contributed by atoms with Gasteiger partial charge in [0.05, 0.1) is 24.1 Å². The van der Waals surface area contributed by atoms with Crippen molar-refractivity contribution in [2.75, 3.05) is 26.8 Å². The molecule has 0 saturated carbocycles. The van der Waals surface area contributed by atoms with E-state index in [1.165, 1.54) is 11.5 Å².